The quantitative estimate of drug-likeness (QED) is 0.777. The van der Waals surface area contributed by atoms with Crippen LogP contribution in [0, 0.1) is 0 Å². The van der Waals surface area contributed by atoms with Crippen LogP contribution in [0.2, 0.25) is 0 Å². The molecule has 0 aromatic heterocycles. The number of benzene rings is 1. The van der Waals surface area contributed by atoms with Gasteiger partial charge in [0.15, 0.2) is 0 Å². The minimum absolute atomic E-state index is 0.109. The van der Waals surface area contributed by atoms with Crippen LogP contribution in [0.3, 0.4) is 0 Å². The van der Waals surface area contributed by atoms with Crippen LogP contribution < -0.4 is 15.2 Å². The first-order valence-electron chi connectivity index (χ1n) is 5.20. The summed E-state index contributed by atoms with van der Waals surface area (Å²) in [5.41, 5.74) is 8.10. The van der Waals surface area contributed by atoms with Gasteiger partial charge in [0, 0.05) is 11.6 Å². The van der Waals surface area contributed by atoms with E-state index in [9.17, 15) is 0 Å². The summed E-state index contributed by atoms with van der Waals surface area (Å²) in [6, 6.07) is 5.52. The van der Waals surface area contributed by atoms with Gasteiger partial charge in [0.2, 0.25) is 0 Å². The van der Waals surface area contributed by atoms with Crippen molar-refractivity contribution in [3.8, 4) is 11.5 Å². The number of rotatable bonds is 5. The first-order valence-corrected chi connectivity index (χ1v) is 5.20. The van der Waals surface area contributed by atoms with Gasteiger partial charge in [-0.1, -0.05) is 5.57 Å². The van der Waals surface area contributed by atoms with Gasteiger partial charge in [0.1, 0.15) is 11.5 Å². The van der Waals surface area contributed by atoms with Crippen molar-refractivity contribution in [1.29, 1.82) is 0 Å². The molecule has 1 unspecified atom stereocenters. The molecule has 88 valence electrons. The second-order valence-electron chi connectivity index (χ2n) is 3.88. The largest absolute Gasteiger partial charge is 0.497 e. The molecule has 0 aliphatic carbocycles. The van der Waals surface area contributed by atoms with Crippen LogP contribution in [0.5, 0.6) is 11.5 Å². The van der Waals surface area contributed by atoms with Gasteiger partial charge in [-0.05, 0) is 31.5 Å². The molecule has 0 saturated heterocycles. The summed E-state index contributed by atoms with van der Waals surface area (Å²) >= 11 is 0. The Morgan fingerprint density at radius 1 is 1.38 bits per heavy atom. The van der Waals surface area contributed by atoms with Gasteiger partial charge >= 0.3 is 0 Å². The molecule has 3 nitrogen and oxygen atoms in total. The highest BCUT2D eigenvalue weighted by molar-refractivity contribution is 5.42. The Morgan fingerprint density at radius 3 is 2.56 bits per heavy atom. The number of ether oxygens (including phenoxy) is 2. The van der Waals surface area contributed by atoms with E-state index in [1.807, 2.05) is 25.1 Å². The van der Waals surface area contributed by atoms with E-state index >= 15 is 0 Å². The third-order valence-electron chi connectivity index (χ3n) is 2.40. The molecule has 0 saturated carbocycles. The topological polar surface area (TPSA) is 44.5 Å². The van der Waals surface area contributed by atoms with Crippen LogP contribution in [0.4, 0.5) is 0 Å². The van der Waals surface area contributed by atoms with Crippen molar-refractivity contribution in [2.45, 2.75) is 19.4 Å². The molecule has 0 amide bonds. The Balaban J connectivity index is 3.02. The van der Waals surface area contributed by atoms with Crippen molar-refractivity contribution in [3.05, 3.63) is 35.9 Å². The Labute approximate surface area is 96.9 Å². The number of methoxy groups -OCH3 is 2. The molecule has 0 aliphatic rings. The van der Waals surface area contributed by atoms with Gasteiger partial charge in [-0.3, -0.25) is 0 Å². The molecule has 0 bridgehead atoms. The van der Waals surface area contributed by atoms with Crippen molar-refractivity contribution < 1.29 is 9.47 Å². The van der Waals surface area contributed by atoms with E-state index in [2.05, 4.69) is 6.58 Å². The summed E-state index contributed by atoms with van der Waals surface area (Å²) in [6.07, 6.45) is 0.740. The maximum atomic E-state index is 6.10. The Bertz CT molecular complexity index is 374. The van der Waals surface area contributed by atoms with Crippen molar-refractivity contribution in [3.63, 3.8) is 0 Å². The highest BCUT2D eigenvalue weighted by atomic mass is 16.5. The molecular weight excluding hydrogens is 202 g/mol. The highest BCUT2D eigenvalue weighted by Crippen LogP contribution is 2.30. The lowest BCUT2D eigenvalue weighted by atomic mass is 10.00. The van der Waals surface area contributed by atoms with E-state index in [0.29, 0.717) is 0 Å². The lowest BCUT2D eigenvalue weighted by Gasteiger charge is -2.16. The molecule has 0 spiro atoms. The maximum absolute atomic E-state index is 6.10. The van der Waals surface area contributed by atoms with Gasteiger partial charge in [-0.25, -0.2) is 0 Å². The monoisotopic (exact) mass is 221 g/mol. The first kappa shape index (κ1) is 12.6. The standard InChI is InChI=1S/C13H19NO2/c1-9(2)7-12(14)11-8-10(15-3)5-6-13(11)16-4/h5-6,8,12H,1,7,14H2,2-4H3. The average molecular weight is 221 g/mol. The van der Waals surface area contributed by atoms with Gasteiger partial charge in [0.05, 0.1) is 14.2 Å². The van der Waals surface area contributed by atoms with E-state index in [-0.39, 0.29) is 6.04 Å². The van der Waals surface area contributed by atoms with Crippen LogP contribution in [-0.4, -0.2) is 14.2 Å². The summed E-state index contributed by atoms with van der Waals surface area (Å²) in [4.78, 5) is 0. The fraction of sp³-hybridized carbons (Fsp3) is 0.385. The summed E-state index contributed by atoms with van der Waals surface area (Å²) in [6.45, 7) is 5.83. The van der Waals surface area contributed by atoms with E-state index in [4.69, 9.17) is 15.2 Å². The SMILES string of the molecule is C=C(C)CC(N)c1cc(OC)ccc1OC. The fourth-order valence-corrected chi connectivity index (χ4v) is 1.61. The molecule has 0 heterocycles. The molecule has 0 fully saturated rings. The molecule has 1 atom stereocenters. The molecule has 3 heteroatoms. The van der Waals surface area contributed by atoms with Crippen LogP contribution in [0.15, 0.2) is 30.4 Å². The zero-order valence-corrected chi connectivity index (χ0v) is 10.1. The van der Waals surface area contributed by atoms with E-state index in [1.165, 1.54) is 0 Å². The summed E-state index contributed by atoms with van der Waals surface area (Å²) in [7, 11) is 3.27. The Kier molecular flexibility index (Phi) is 4.38. The third kappa shape index (κ3) is 3.00. The van der Waals surface area contributed by atoms with Crippen LogP contribution >= 0.6 is 0 Å². The molecule has 0 aliphatic heterocycles. The average Bonchev–Trinajstić information content (AvgIpc) is 2.27. The Morgan fingerprint density at radius 2 is 2.06 bits per heavy atom. The number of hydrogen-bond donors (Lipinski definition) is 1. The second kappa shape index (κ2) is 5.56. The molecule has 1 rings (SSSR count). The molecular formula is C13H19NO2. The zero-order chi connectivity index (χ0) is 12.1. The smallest absolute Gasteiger partial charge is 0.123 e. The van der Waals surface area contributed by atoms with Gasteiger partial charge in [-0.15, -0.1) is 6.58 Å². The summed E-state index contributed by atoms with van der Waals surface area (Å²) in [5.74, 6) is 1.57. The van der Waals surface area contributed by atoms with E-state index in [1.54, 1.807) is 14.2 Å². The van der Waals surface area contributed by atoms with Crippen LogP contribution in [-0.2, 0) is 0 Å². The van der Waals surface area contributed by atoms with Gasteiger partial charge < -0.3 is 15.2 Å². The van der Waals surface area contributed by atoms with Crippen molar-refractivity contribution in [2.75, 3.05) is 14.2 Å². The molecule has 0 radical (unpaired) electrons. The first-order chi connectivity index (χ1) is 7.58. The summed E-state index contributed by atoms with van der Waals surface area (Å²) < 4.78 is 10.5. The van der Waals surface area contributed by atoms with Crippen molar-refractivity contribution in [1.82, 2.24) is 0 Å². The van der Waals surface area contributed by atoms with Crippen LogP contribution in [0.25, 0.3) is 0 Å². The second-order valence-corrected chi connectivity index (χ2v) is 3.88. The normalized spacial score (nSPS) is 12.0. The van der Waals surface area contributed by atoms with E-state index in [0.717, 1.165) is 29.1 Å². The minimum Gasteiger partial charge on any atom is -0.497 e. The zero-order valence-electron chi connectivity index (χ0n) is 10.1. The molecule has 1 aromatic carbocycles. The minimum atomic E-state index is -0.109. The number of hydrogen-bond acceptors (Lipinski definition) is 3. The van der Waals surface area contributed by atoms with Crippen LogP contribution in [0.1, 0.15) is 24.9 Å². The Hall–Kier alpha value is -1.48. The molecule has 1 aromatic rings. The molecule has 2 N–H and O–H groups in total. The van der Waals surface area contributed by atoms with Crippen molar-refractivity contribution in [2.24, 2.45) is 5.73 Å². The lowest BCUT2D eigenvalue weighted by Crippen LogP contribution is -2.12. The van der Waals surface area contributed by atoms with E-state index < -0.39 is 0 Å². The predicted molar refractivity (Wildman–Crippen MR) is 65.9 cm³/mol. The third-order valence-corrected chi connectivity index (χ3v) is 2.40. The number of nitrogens with two attached hydrogens (primary N) is 1. The van der Waals surface area contributed by atoms with Crippen molar-refractivity contribution >= 4 is 0 Å². The fourth-order valence-electron chi connectivity index (χ4n) is 1.61. The summed E-state index contributed by atoms with van der Waals surface area (Å²) in [5, 5.41) is 0. The maximum Gasteiger partial charge on any atom is 0.123 e. The predicted octanol–water partition coefficient (Wildman–Crippen LogP) is 2.67. The highest BCUT2D eigenvalue weighted by Gasteiger charge is 2.13. The van der Waals surface area contributed by atoms with Gasteiger partial charge in [0.25, 0.3) is 0 Å². The lowest BCUT2D eigenvalue weighted by molar-refractivity contribution is 0.395. The molecule has 16 heavy (non-hydrogen) atoms. The van der Waals surface area contributed by atoms with Gasteiger partial charge in [-0.2, -0.15) is 0 Å².